The van der Waals surface area contributed by atoms with E-state index in [9.17, 15) is 0 Å². The minimum Gasteiger partial charge on any atom is -0.317 e. The van der Waals surface area contributed by atoms with Crippen LogP contribution in [0, 0.1) is 0 Å². The lowest BCUT2D eigenvalue weighted by Gasteiger charge is -1.98. The zero-order valence-corrected chi connectivity index (χ0v) is 10.2. The van der Waals surface area contributed by atoms with Crippen molar-refractivity contribution < 1.29 is 0 Å². The fraction of sp³-hybridized carbons (Fsp3) is 0.300. The summed E-state index contributed by atoms with van der Waals surface area (Å²) < 4.78 is 1.92. The summed E-state index contributed by atoms with van der Waals surface area (Å²) in [6.45, 7) is 0.693. The summed E-state index contributed by atoms with van der Waals surface area (Å²) in [6.07, 6.45) is 0. The van der Waals surface area contributed by atoms with Crippen molar-refractivity contribution in [3.8, 4) is 10.7 Å². The summed E-state index contributed by atoms with van der Waals surface area (Å²) >= 11 is 7.84. The van der Waals surface area contributed by atoms with Crippen LogP contribution in [0.2, 0.25) is 5.15 Å². The fourth-order valence-corrected chi connectivity index (χ4v) is 2.38. The first-order chi connectivity index (χ1) is 7.24. The Kier molecular flexibility index (Phi) is 3.09. The average molecular weight is 242 g/mol. The first kappa shape index (κ1) is 10.7. The van der Waals surface area contributed by atoms with Crippen molar-refractivity contribution in [1.82, 2.24) is 14.9 Å². The van der Waals surface area contributed by atoms with Crippen LogP contribution in [0.4, 0.5) is 0 Å². The highest BCUT2D eigenvalue weighted by Gasteiger charge is 2.13. The lowest BCUT2D eigenvalue weighted by molar-refractivity contribution is 0.795. The van der Waals surface area contributed by atoms with Gasteiger partial charge in [-0.25, -0.2) is 4.98 Å². The zero-order valence-electron chi connectivity index (χ0n) is 8.62. The zero-order chi connectivity index (χ0) is 10.8. The maximum atomic E-state index is 6.17. The van der Waals surface area contributed by atoms with Crippen LogP contribution in [0.25, 0.3) is 10.7 Å². The van der Waals surface area contributed by atoms with Gasteiger partial charge in [-0.3, -0.25) is 0 Å². The number of imidazole rings is 1. The minimum absolute atomic E-state index is 0.693. The highest BCUT2D eigenvalue weighted by atomic mass is 35.5. The van der Waals surface area contributed by atoms with Crippen molar-refractivity contribution >= 4 is 22.9 Å². The number of nitrogens with one attached hydrogen (secondary N) is 1. The number of aromatic nitrogens is 2. The van der Waals surface area contributed by atoms with E-state index in [1.165, 1.54) is 0 Å². The highest BCUT2D eigenvalue weighted by molar-refractivity contribution is 7.13. The Morgan fingerprint density at radius 1 is 1.60 bits per heavy atom. The van der Waals surface area contributed by atoms with Gasteiger partial charge in [0.05, 0.1) is 10.6 Å². The van der Waals surface area contributed by atoms with Crippen LogP contribution in [-0.4, -0.2) is 16.6 Å². The first-order valence-corrected chi connectivity index (χ1v) is 5.89. The van der Waals surface area contributed by atoms with Crippen LogP contribution in [-0.2, 0) is 13.6 Å². The van der Waals surface area contributed by atoms with Gasteiger partial charge in [0.2, 0.25) is 0 Å². The average Bonchev–Trinajstić information content (AvgIpc) is 2.82. The van der Waals surface area contributed by atoms with Crippen molar-refractivity contribution in [3.63, 3.8) is 0 Å². The molecule has 1 N–H and O–H groups in total. The van der Waals surface area contributed by atoms with Crippen molar-refractivity contribution in [2.75, 3.05) is 7.05 Å². The summed E-state index contributed by atoms with van der Waals surface area (Å²) in [5, 5.41) is 5.79. The molecule has 0 saturated carbocycles. The van der Waals surface area contributed by atoms with E-state index in [1.54, 1.807) is 11.3 Å². The van der Waals surface area contributed by atoms with E-state index < -0.39 is 0 Å². The molecule has 15 heavy (non-hydrogen) atoms. The monoisotopic (exact) mass is 241 g/mol. The molecule has 0 aromatic carbocycles. The Morgan fingerprint density at radius 3 is 3.00 bits per heavy atom. The van der Waals surface area contributed by atoms with Gasteiger partial charge in [-0.05, 0) is 18.5 Å². The summed E-state index contributed by atoms with van der Waals surface area (Å²) in [5.41, 5.74) is 0.894. The normalized spacial score (nSPS) is 10.9. The van der Waals surface area contributed by atoms with Crippen LogP contribution in [0.1, 0.15) is 5.69 Å². The smallest absolute Gasteiger partial charge is 0.151 e. The molecule has 3 nitrogen and oxygen atoms in total. The van der Waals surface area contributed by atoms with Crippen molar-refractivity contribution in [2.24, 2.45) is 7.05 Å². The lowest BCUT2D eigenvalue weighted by atomic mass is 10.4. The van der Waals surface area contributed by atoms with E-state index in [1.807, 2.05) is 36.2 Å². The quantitative estimate of drug-likeness (QED) is 0.895. The van der Waals surface area contributed by atoms with Gasteiger partial charge in [0.25, 0.3) is 0 Å². The molecule has 0 fully saturated rings. The van der Waals surface area contributed by atoms with Gasteiger partial charge < -0.3 is 9.88 Å². The lowest BCUT2D eigenvalue weighted by Crippen LogP contribution is -2.05. The molecule has 0 bridgehead atoms. The van der Waals surface area contributed by atoms with Crippen LogP contribution in [0.5, 0.6) is 0 Å². The van der Waals surface area contributed by atoms with E-state index >= 15 is 0 Å². The van der Waals surface area contributed by atoms with Crippen LogP contribution in [0.15, 0.2) is 17.5 Å². The third-order valence-corrected chi connectivity index (χ3v) is 3.51. The largest absolute Gasteiger partial charge is 0.317 e. The predicted octanol–water partition coefficient (Wildman–Crippen LogP) is 2.52. The molecule has 0 radical (unpaired) electrons. The molecule has 0 atom stereocenters. The summed E-state index contributed by atoms with van der Waals surface area (Å²) in [7, 11) is 3.82. The van der Waals surface area contributed by atoms with Crippen LogP contribution in [0.3, 0.4) is 0 Å². The molecule has 2 aromatic rings. The second-order valence-electron chi connectivity index (χ2n) is 3.24. The maximum absolute atomic E-state index is 6.17. The molecule has 2 rings (SSSR count). The number of hydrogen-bond acceptors (Lipinski definition) is 3. The number of rotatable bonds is 3. The Hall–Kier alpha value is -0.840. The van der Waals surface area contributed by atoms with E-state index in [-0.39, 0.29) is 0 Å². The van der Waals surface area contributed by atoms with E-state index in [4.69, 9.17) is 11.6 Å². The summed E-state index contributed by atoms with van der Waals surface area (Å²) in [6, 6.07) is 4.06. The molecule has 80 valence electrons. The number of halogens is 1. The topological polar surface area (TPSA) is 29.9 Å². The van der Waals surface area contributed by atoms with Gasteiger partial charge in [0.1, 0.15) is 5.15 Å². The Balaban J connectivity index is 2.45. The number of hydrogen-bond donors (Lipinski definition) is 1. The van der Waals surface area contributed by atoms with Crippen molar-refractivity contribution in [3.05, 3.63) is 28.4 Å². The van der Waals surface area contributed by atoms with Crippen LogP contribution < -0.4 is 5.32 Å². The summed E-state index contributed by atoms with van der Waals surface area (Å²) in [5.74, 6) is 0.931. The molecular weight excluding hydrogens is 230 g/mol. The van der Waals surface area contributed by atoms with Gasteiger partial charge in [0.15, 0.2) is 5.82 Å². The SMILES string of the molecule is CNCc1nc(-c2cccs2)n(C)c1Cl. The van der Waals surface area contributed by atoms with E-state index in [0.717, 1.165) is 16.4 Å². The third-order valence-electron chi connectivity index (χ3n) is 2.18. The van der Waals surface area contributed by atoms with E-state index in [0.29, 0.717) is 11.7 Å². The van der Waals surface area contributed by atoms with E-state index in [2.05, 4.69) is 10.3 Å². The Morgan fingerprint density at radius 2 is 2.40 bits per heavy atom. The molecule has 0 aliphatic carbocycles. The standard InChI is InChI=1S/C10H12ClN3S/c1-12-6-7-9(11)14(2)10(13-7)8-4-3-5-15-8/h3-5,12H,6H2,1-2H3. The fourth-order valence-electron chi connectivity index (χ4n) is 1.44. The number of nitrogens with zero attached hydrogens (tertiary/aromatic N) is 2. The molecule has 0 spiro atoms. The Labute approximate surface area is 97.7 Å². The molecule has 0 saturated heterocycles. The third kappa shape index (κ3) is 1.93. The molecule has 0 aliphatic rings. The molecule has 0 amide bonds. The van der Waals surface area contributed by atoms with Gasteiger partial charge in [-0.1, -0.05) is 17.7 Å². The second kappa shape index (κ2) is 4.35. The van der Waals surface area contributed by atoms with Gasteiger partial charge in [-0.2, -0.15) is 0 Å². The van der Waals surface area contributed by atoms with Gasteiger partial charge in [-0.15, -0.1) is 11.3 Å². The molecule has 2 heterocycles. The van der Waals surface area contributed by atoms with Crippen LogP contribution >= 0.6 is 22.9 Å². The van der Waals surface area contributed by atoms with Gasteiger partial charge >= 0.3 is 0 Å². The highest BCUT2D eigenvalue weighted by Crippen LogP contribution is 2.27. The molecule has 2 aromatic heterocycles. The van der Waals surface area contributed by atoms with Crippen molar-refractivity contribution in [1.29, 1.82) is 0 Å². The number of thiophene rings is 1. The summed E-state index contributed by atoms with van der Waals surface area (Å²) in [4.78, 5) is 5.66. The molecule has 0 aliphatic heterocycles. The second-order valence-corrected chi connectivity index (χ2v) is 4.55. The first-order valence-electron chi connectivity index (χ1n) is 4.63. The predicted molar refractivity (Wildman–Crippen MR) is 64.3 cm³/mol. The molecular formula is C10H12ClN3S. The molecule has 0 unspecified atom stereocenters. The minimum atomic E-state index is 0.693. The van der Waals surface area contributed by atoms with Crippen molar-refractivity contribution in [2.45, 2.75) is 6.54 Å². The Bertz CT molecular complexity index is 447. The van der Waals surface area contributed by atoms with Gasteiger partial charge in [0, 0.05) is 13.6 Å². The maximum Gasteiger partial charge on any atom is 0.151 e. The molecule has 5 heteroatoms.